The number of amides is 1. The summed E-state index contributed by atoms with van der Waals surface area (Å²) in [5.74, 6) is 1.72. The minimum absolute atomic E-state index is 0.0915. The molecule has 0 aliphatic carbocycles. The molecule has 0 spiro atoms. The van der Waals surface area contributed by atoms with E-state index in [-0.39, 0.29) is 11.9 Å². The first kappa shape index (κ1) is 26.7. The van der Waals surface area contributed by atoms with Crippen LogP contribution < -0.4 is 9.47 Å². The lowest BCUT2D eigenvalue weighted by atomic mass is 9.98. The number of fused-ring (bicyclic) bond motifs is 1. The maximum Gasteiger partial charge on any atom is 0.254 e. The molecule has 1 aliphatic heterocycles. The molecule has 202 valence electrons. The number of carbonyl (C=O) groups is 1. The van der Waals surface area contributed by atoms with Gasteiger partial charge in [-0.3, -0.25) is 14.7 Å². The van der Waals surface area contributed by atoms with Crippen LogP contribution in [-0.2, 0) is 13.1 Å². The third-order valence-electron chi connectivity index (χ3n) is 7.45. The lowest BCUT2D eigenvalue weighted by molar-refractivity contribution is 0.0580. The topological polar surface area (TPSA) is 54.9 Å². The summed E-state index contributed by atoms with van der Waals surface area (Å²) in [5, 5.41) is 1.17. The van der Waals surface area contributed by atoms with Crippen molar-refractivity contribution < 1.29 is 14.3 Å². The van der Waals surface area contributed by atoms with Crippen LogP contribution in [0.1, 0.15) is 47.2 Å². The molecule has 0 radical (unpaired) electrons. The Bertz CT molecular complexity index is 1380. The summed E-state index contributed by atoms with van der Waals surface area (Å²) in [6, 6.07) is 26.4. The first-order chi connectivity index (χ1) is 19.1. The van der Waals surface area contributed by atoms with Crippen LogP contribution in [0, 0.1) is 0 Å². The van der Waals surface area contributed by atoms with Gasteiger partial charge in [0.2, 0.25) is 0 Å². The van der Waals surface area contributed by atoms with E-state index in [2.05, 4.69) is 59.4 Å². The second-order valence-electron chi connectivity index (χ2n) is 10.3. The summed E-state index contributed by atoms with van der Waals surface area (Å²) in [6.45, 7) is 3.01. The number of nitrogens with zero attached hydrogens (tertiary/aromatic N) is 3. The molecular formula is C33H37N3O3. The van der Waals surface area contributed by atoms with E-state index in [0.29, 0.717) is 12.2 Å². The number of carbonyl (C=O) groups excluding carboxylic acids is 1. The van der Waals surface area contributed by atoms with Crippen LogP contribution in [0.4, 0.5) is 0 Å². The normalized spacial score (nSPS) is 15.5. The third-order valence-corrected chi connectivity index (χ3v) is 7.45. The van der Waals surface area contributed by atoms with Gasteiger partial charge in [-0.1, -0.05) is 36.4 Å². The summed E-state index contributed by atoms with van der Waals surface area (Å²) >= 11 is 0. The quantitative estimate of drug-likeness (QED) is 0.243. The number of methoxy groups -OCH3 is 1. The van der Waals surface area contributed by atoms with Crippen LogP contribution in [0.3, 0.4) is 0 Å². The maximum atomic E-state index is 13.2. The Kier molecular flexibility index (Phi) is 8.74. The minimum Gasteiger partial charge on any atom is -0.497 e. The van der Waals surface area contributed by atoms with E-state index in [1.54, 1.807) is 7.11 Å². The number of ether oxygens (including phenoxy) is 2. The summed E-state index contributed by atoms with van der Waals surface area (Å²) in [4.78, 5) is 22.1. The molecule has 39 heavy (non-hydrogen) atoms. The fourth-order valence-corrected chi connectivity index (χ4v) is 5.47. The van der Waals surface area contributed by atoms with Gasteiger partial charge in [0.15, 0.2) is 0 Å². The Morgan fingerprint density at radius 3 is 2.64 bits per heavy atom. The Labute approximate surface area is 231 Å². The summed E-state index contributed by atoms with van der Waals surface area (Å²) in [6.07, 6.45) is 5.88. The number of hydrogen-bond donors (Lipinski definition) is 0. The van der Waals surface area contributed by atoms with Crippen molar-refractivity contribution in [2.45, 2.75) is 44.8 Å². The average molecular weight is 524 g/mol. The number of benzene rings is 3. The fraction of sp³-hybridized carbons (Fsp3) is 0.333. The predicted octanol–water partition coefficient (Wildman–Crippen LogP) is 6.34. The minimum atomic E-state index is 0.0915. The van der Waals surface area contributed by atoms with Gasteiger partial charge in [-0.2, -0.15) is 0 Å². The number of pyridine rings is 1. The molecule has 0 N–H and O–H groups in total. The summed E-state index contributed by atoms with van der Waals surface area (Å²) < 4.78 is 11.4. The number of likely N-dealkylation sites (tertiary alicyclic amines) is 1. The Balaban J connectivity index is 1.15. The lowest BCUT2D eigenvalue weighted by Gasteiger charge is -2.36. The number of piperidine rings is 1. The van der Waals surface area contributed by atoms with E-state index < -0.39 is 0 Å². The first-order valence-corrected chi connectivity index (χ1v) is 13.8. The highest BCUT2D eigenvalue weighted by atomic mass is 16.5. The van der Waals surface area contributed by atoms with Gasteiger partial charge in [-0.25, -0.2) is 0 Å². The standard InChI is InChI=1S/C33H37N3O3/c1-35(24-28-10-6-9-26-11-7-19-34-32(26)28)23-25-8-5-13-31(22-25)39-21-18-29-12-3-4-20-36(29)33(37)27-14-16-30(38-2)17-15-27/h5-11,13-17,19,22,29H,3-4,12,18,20-21,23-24H2,1-2H3/t29-/m1/s1. The maximum absolute atomic E-state index is 13.2. The van der Waals surface area contributed by atoms with Gasteiger partial charge in [0.25, 0.3) is 5.91 Å². The lowest BCUT2D eigenvalue weighted by Crippen LogP contribution is -2.44. The highest BCUT2D eigenvalue weighted by Crippen LogP contribution is 2.24. The van der Waals surface area contributed by atoms with Crippen LogP contribution in [0.25, 0.3) is 10.9 Å². The number of para-hydroxylation sites is 1. The van der Waals surface area contributed by atoms with Crippen LogP contribution in [0.5, 0.6) is 11.5 Å². The van der Waals surface area contributed by atoms with E-state index in [1.807, 2.05) is 47.5 Å². The van der Waals surface area contributed by atoms with Crippen LogP contribution >= 0.6 is 0 Å². The summed E-state index contributed by atoms with van der Waals surface area (Å²) in [7, 11) is 3.77. The molecule has 1 atom stereocenters. The Morgan fingerprint density at radius 1 is 0.974 bits per heavy atom. The zero-order valence-corrected chi connectivity index (χ0v) is 22.9. The van der Waals surface area contributed by atoms with Gasteiger partial charge in [0.1, 0.15) is 11.5 Å². The second kappa shape index (κ2) is 12.8. The molecule has 1 saturated heterocycles. The fourth-order valence-electron chi connectivity index (χ4n) is 5.47. The SMILES string of the molecule is COc1ccc(C(=O)N2CCCC[C@@H]2CCOc2cccc(CN(C)Cc3cccc4cccnc34)c2)cc1. The van der Waals surface area contributed by atoms with Crippen molar-refractivity contribution in [1.29, 1.82) is 0 Å². The largest absolute Gasteiger partial charge is 0.497 e. The zero-order valence-electron chi connectivity index (χ0n) is 22.9. The predicted molar refractivity (Wildman–Crippen MR) is 155 cm³/mol. The monoisotopic (exact) mass is 523 g/mol. The molecule has 0 bridgehead atoms. The van der Waals surface area contributed by atoms with Crippen molar-refractivity contribution in [2.75, 3.05) is 27.3 Å². The smallest absolute Gasteiger partial charge is 0.254 e. The number of hydrogen-bond acceptors (Lipinski definition) is 5. The molecule has 1 fully saturated rings. The molecule has 4 aromatic rings. The van der Waals surface area contributed by atoms with Crippen LogP contribution in [-0.4, -0.2) is 54.0 Å². The third kappa shape index (κ3) is 6.76. The molecule has 6 heteroatoms. The average Bonchev–Trinajstić information content (AvgIpc) is 2.97. The molecule has 1 aromatic heterocycles. The zero-order chi connectivity index (χ0) is 27.0. The van der Waals surface area contributed by atoms with Crippen molar-refractivity contribution >= 4 is 16.8 Å². The van der Waals surface area contributed by atoms with Crippen molar-refractivity contribution in [3.05, 3.63) is 102 Å². The molecule has 2 heterocycles. The molecule has 3 aromatic carbocycles. The Morgan fingerprint density at radius 2 is 1.79 bits per heavy atom. The molecule has 6 nitrogen and oxygen atoms in total. The van der Waals surface area contributed by atoms with E-state index >= 15 is 0 Å². The second-order valence-corrected chi connectivity index (χ2v) is 10.3. The van der Waals surface area contributed by atoms with E-state index in [1.165, 1.54) is 16.5 Å². The van der Waals surface area contributed by atoms with E-state index in [4.69, 9.17) is 9.47 Å². The molecule has 5 rings (SSSR count). The number of aromatic nitrogens is 1. The van der Waals surface area contributed by atoms with Gasteiger partial charge < -0.3 is 14.4 Å². The van der Waals surface area contributed by atoms with E-state index in [9.17, 15) is 4.79 Å². The van der Waals surface area contributed by atoms with Crippen LogP contribution in [0.2, 0.25) is 0 Å². The van der Waals surface area contributed by atoms with E-state index in [0.717, 1.165) is 62.3 Å². The molecule has 1 aliphatic rings. The first-order valence-electron chi connectivity index (χ1n) is 13.8. The van der Waals surface area contributed by atoms with Gasteiger partial charge in [0.05, 0.1) is 19.2 Å². The Hall–Kier alpha value is -3.90. The highest BCUT2D eigenvalue weighted by molar-refractivity contribution is 5.94. The van der Waals surface area contributed by atoms with Gasteiger partial charge in [0, 0.05) is 49.2 Å². The molecule has 0 unspecified atom stereocenters. The van der Waals surface area contributed by atoms with Crippen molar-refractivity contribution in [2.24, 2.45) is 0 Å². The highest BCUT2D eigenvalue weighted by Gasteiger charge is 2.27. The van der Waals surface area contributed by atoms with Crippen molar-refractivity contribution in [3.63, 3.8) is 0 Å². The van der Waals surface area contributed by atoms with Crippen molar-refractivity contribution in [3.8, 4) is 11.5 Å². The molecule has 0 saturated carbocycles. The van der Waals surface area contributed by atoms with Gasteiger partial charge in [-0.05, 0) is 79.9 Å². The summed E-state index contributed by atoms with van der Waals surface area (Å²) in [5.41, 5.74) is 4.20. The van der Waals surface area contributed by atoms with Gasteiger partial charge >= 0.3 is 0 Å². The van der Waals surface area contributed by atoms with Crippen LogP contribution in [0.15, 0.2) is 85.1 Å². The molecule has 1 amide bonds. The number of rotatable bonds is 10. The van der Waals surface area contributed by atoms with Gasteiger partial charge in [-0.15, -0.1) is 0 Å². The van der Waals surface area contributed by atoms with Crippen molar-refractivity contribution in [1.82, 2.24) is 14.8 Å². The molecular weight excluding hydrogens is 486 g/mol.